The lowest BCUT2D eigenvalue weighted by Crippen LogP contribution is -2.36. The number of nitrogens with one attached hydrogen (secondary N) is 1. The Morgan fingerprint density at radius 3 is 2.48 bits per heavy atom. The fraction of sp³-hybridized carbons (Fsp3) is 0.400. The molecule has 0 aliphatic carbocycles. The number of hydrogen-bond acceptors (Lipinski definition) is 8. The molecule has 1 amide bonds. The monoisotopic (exact) mass is 636 g/mol. The van der Waals surface area contributed by atoms with Gasteiger partial charge in [0.2, 0.25) is 5.95 Å². The molecular formula is C30H35F3N4O6S. The van der Waals surface area contributed by atoms with Crippen LogP contribution in [0.5, 0.6) is 11.5 Å². The summed E-state index contributed by atoms with van der Waals surface area (Å²) in [4.78, 5) is 16.4. The second kappa shape index (κ2) is 12.8. The smallest absolute Gasteiger partial charge is 0.410 e. The lowest BCUT2D eigenvalue weighted by Gasteiger charge is -2.26. The third kappa shape index (κ3) is 7.12. The number of carbonyl (C=O) groups is 1. The standard InChI is InChI=1S/C30H35F3N4O6S/c1-18-23(34-20-12-13-36(17-20)29(38)43-30(2,3)4)15-22(31)28(27(18)33)44(39,40)37(26-9-7-8-25(32)35-26)16-19-10-11-21(41-5)14-24(19)42-6/h7-11,14-15,20,34H,12-13,16-17H2,1-6H3/t20-/m0/s1. The average molecular weight is 637 g/mol. The Hall–Kier alpha value is -4.20. The van der Waals surface area contributed by atoms with E-state index in [9.17, 15) is 17.6 Å². The minimum Gasteiger partial charge on any atom is -0.497 e. The van der Waals surface area contributed by atoms with Gasteiger partial charge in [0.25, 0.3) is 10.0 Å². The number of sulfonamides is 1. The van der Waals surface area contributed by atoms with E-state index in [0.717, 1.165) is 12.1 Å². The zero-order chi connectivity index (χ0) is 32.4. The molecule has 2 heterocycles. The Labute approximate surface area is 254 Å². The Morgan fingerprint density at radius 1 is 1.11 bits per heavy atom. The van der Waals surface area contributed by atoms with E-state index in [1.54, 1.807) is 26.8 Å². The molecule has 44 heavy (non-hydrogen) atoms. The largest absolute Gasteiger partial charge is 0.497 e. The van der Waals surface area contributed by atoms with Crippen LogP contribution >= 0.6 is 0 Å². The molecular weight excluding hydrogens is 601 g/mol. The van der Waals surface area contributed by atoms with Crippen LogP contribution in [0.15, 0.2) is 47.4 Å². The number of pyridine rings is 1. The van der Waals surface area contributed by atoms with E-state index >= 15 is 8.78 Å². The number of hydrogen-bond donors (Lipinski definition) is 1. The average Bonchev–Trinajstić information content (AvgIpc) is 3.42. The minimum atomic E-state index is -5.00. The highest BCUT2D eigenvalue weighted by molar-refractivity contribution is 7.92. The number of amides is 1. The SMILES string of the molecule is COc1ccc(CN(c2cccc(F)n2)S(=O)(=O)c2c(F)cc(N[C@H]3CCN(C(=O)OC(C)(C)C)C3)c(C)c2F)c(OC)c1. The van der Waals surface area contributed by atoms with Gasteiger partial charge in [0.05, 0.1) is 20.8 Å². The summed E-state index contributed by atoms with van der Waals surface area (Å²) >= 11 is 0. The highest BCUT2D eigenvalue weighted by atomic mass is 32.2. The van der Waals surface area contributed by atoms with Gasteiger partial charge in [-0.1, -0.05) is 6.07 Å². The number of anilines is 2. The van der Waals surface area contributed by atoms with E-state index in [2.05, 4.69) is 10.3 Å². The van der Waals surface area contributed by atoms with Gasteiger partial charge in [-0.25, -0.2) is 31.3 Å². The summed E-state index contributed by atoms with van der Waals surface area (Å²) in [6.45, 7) is 6.66. The fourth-order valence-electron chi connectivity index (χ4n) is 4.74. The Bertz CT molecular complexity index is 1650. The second-order valence-corrected chi connectivity index (χ2v) is 13.0. The van der Waals surface area contributed by atoms with Gasteiger partial charge in [-0.05, 0) is 64.4 Å². The molecule has 1 fully saturated rings. The van der Waals surface area contributed by atoms with Crippen LogP contribution in [0.25, 0.3) is 0 Å². The van der Waals surface area contributed by atoms with Gasteiger partial charge < -0.3 is 24.4 Å². The molecule has 3 aromatic rings. The molecule has 10 nitrogen and oxygen atoms in total. The van der Waals surface area contributed by atoms with E-state index in [-0.39, 0.29) is 29.6 Å². The van der Waals surface area contributed by atoms with Crippen molar-refractivity contribution in [3.8, 4) is 11.5 Å². The number of rotatable bonds is 9. The van der Waals surface area contributed by atoms with E-state index in [1.807, 2.05) is 0 Å². The van der Waals surface area contributed by atoms with Crippen molar-refractivity contribution in [2.75, 3.05) is 36.9 Å². The van der Waals surface area contributed by atoms with Crippen LogP contribution in [0.2, 0.25) is 0 Å². The Kier molecular flexibility index (Phi) is 9.52. The molecule has 0 radical (unpaired) electrons. The number of benzene rings is 2. The summed E-state index contributed by atoms with van der Waals surface area (Å²) in [6.07, 6.45) is -0.0260. The van der Waals surface area contributed by atoms with Gasteiger partial charge in [0.1, 0.15) is 28.7 Å². The van der Waals surface area contributed by atoms with Crippen molar-refractivity contribution < 1.29 is 40.6 Å². The second-order valence-electron chi connectivity index (χ2n) is 11.2. The van der Waals surface area contributed by atoms with E-state index in [0.29, 0.717) is 28.6 Å². The molecule has 1 N–H and O–H groups in total. The molecule has 238 valence electrons. The zero-order valence-corrected chi connectivity index (χ0v) is 26.1. The molecule has 2 aromatic carbocycles. The molecule has 0 unspecified atom stereocenters. The molecule has 0 spiro atoms. The molecule has 14 heteroatoms. The van der Waals surface area contributed by atoms with Crippen LogP contribution in [0, 0.1) is 24.5 Å². The molecule has 0 bridgehead atoms. The van der Waals surface area contributed by atoms with Crippen LogP contribution < -0.4 is 19.1 Å². The summed E-state index contributed by atoms with van der Waals surface area (Å²) in [7, 11) is -2.20. The van der Waals surface area contributed by atoms with Gasteiger partial charge >= 0.3 is 6.09 Å². The van der Waals surface area contributed by atoms with Crippen LogP contribution in [-0.4, -0.2) is 63.3 Å². The van der Waals surface area contributed by atoms with Gasteiger partial charge in [-0.2, -0.15) is 4.39 Å². The highest BCUT2D eigenvalue weighted by Gasteiger charge is 2.36. The predicted octanol–water partition coefficient (Wildman–Crippen LogP) is 5.64. The summed E-state index contributed by atoms with van der Waals surface area (Å²) in [5.41, 5.74) is -0.508. The highest BCUT2D eigenvalue weighted by Crippen LogP contribution is 2.35. The quantitative estimate of drug-likeness (QED) is 0.301. The number of methoxy groups -OCH3 is 2. The minimum absolute atomic E-state index is 0.0299. The summed E-state index contributed by atoms with van der Waals surface area (Å²) in [6, 6.07) is 8.58. The van der Waals surface area contributed by atoms with Crippen LogP contribution in [-0.2, 0) is 21.3 Å². The Balaban J connectivity index is 1.68. The van der Waals surface area contributed by atoms with E-state index in [1.165, 1.54) is 50.3 Å². The topological polar surface area (TPSA) is 110 Å². The number of ether oxygens (including phenoxy) is 3. The van der Waals surface area contributed by atoms with Crippen LogP contribution in [0.4, 0.5) is 29.5 Å². The fourth-order valence-corrected chi connectivity index (χ4v) is 6.31. The van der Waals surface area contributed by atoms with Gasteiger partial charge in [-0.15, -0.1) is 0 Å². The molecule has 1 aliphatic rings. The van der Waals surface area contributed by atoms with Crippen molar-refractivity contribution in [2.24, 2.45) is 0 Å². The van der Waals surface area contributed by atoms with Gasteiger partial charge in [0.15, 0.2) is 10.7 Å². The lowest BCUT2D eigenvalue weighted by atomic mass is 10.1. The van der Waals surface area contributed by atoms with Crippen molar-refractivity contribution in [3.05, 3.63) is 71.2 Å². The number of halogens is 3. The first-order valence-corrected chi connectivity index (χ1v) is 15.2. The summed E-state index contributed by atoms with van der Waals surface area (Å²) in [5, 5.41) is 3.02. The summed E-state index contributed by atoms with van der Waals surface area (Å²) < 4.78 is 90.3. The number of nitrogens with zero attached hydrogens (tertiary/aromatic N) is 3. The Morgan fingerprint density at radius 2 is 1.84 bits per heavy atom. The molecule has 0 saturated carbocycles. The maximum absolute atomic E-state index is 15.9. The van der Waals surface area contributed by atoms with Crippen LogP contribution in [0.1, 0.15) is 38.3 Å². The maximum Gasteiger partial charge on any atom is 0.410 e. The third-order valence-corrected chi connectivity index (χ3v) is 8.72. The molecule has 1 aliphatic heterocycles. The zero-order valence-electron chi connectivity index (χ0n) is 25.3. The number of likely N-dealkylation sites (tertiary alicyclic amines) is 1. The normalized spacial score (nSPS) is 15.2. The molecule has 4 rings (SSSR count). The van der Waals surface area contributed by atoms with Gasteiger partial charge in [-0.3, -0.25) is 0 Å². The van der Waals surface area contributed by atoms with Crippen molar-refractivity contribution in [2.45, 2.75) is 57.2 Å². The van der Waals surface area contributed by atoms with Crippen molar-refractivity contribution in [1.82, 2.24) is 9.88 Å². The lowest BCUT2D eigenvalue weighted by molar-refractivity contribution is 0.0293. The van der Waals surface area contributed by atoms with E-state index in [4.69, 9.17) is 14.2 Å². The van der Waals surface area contributed by atoms with E-state index < -0.39 is 56.6 Å². The van der Waals surface area contributed by atoms with Crippen molar-refractivity contribution in [3.63, 3.8) is 0 Å². The number of carbonyl (C=O) groups excluding carboxylic acids is 1. The molecule has 1 aromatic heterocycles. The first-order chi connectivity index (χ1) is 20.6. The third-order valence-electron chi connectivity index (χ3n) is 6.93. The molecule has 1 atom stereocenters. The maximum atomic E-state index is 15.9. The molecule has 1 saturated heterocycles. The summed E-state index contributed by atoms with van der Waals surface area (Å²) in [5.74, 6) is -3.41. The van der Waals surface area contributed by atoms with Gasteiger partial charge in [0, 0.05) is 42.0 Å². The van der Waals surface area contributed by atoms with Crippen molar-refractivity contribution in [1.29, 1.82) is 0 Å². The first kappa shape index (κ1) is 32.7. The van der Waals surface area contributed by atoms with Crippen molar-refractivity contribution >= 4 is 27.6 Å². The number of aromatic nitrogens is 1. The first-order valence-electron chi connectivity index (χ1n) is 13.7. The predicted molar refractivity (Wildman–Crippen MR) is 158 cm³/mol. The van der Waals surface area contributed by atoms with Crippen LogP contribution in [0.3, 0.4) is 0 Å².